The van der Waals surface area contributed by atoms with Gasteiger partial charge >= 0.3 is 0 Å². The largest absolute Gasteiger partial charge is 0.296 e. The summed E-state index contributed by atoms with van der Waals surface area (Å²) in [7, 11) is -4.34. The Morgan fingerprint density at radius 2 is 1.82 bits per heavy atom. The molecule has 1 fully saturated rings. The molecule has 1 saturated carbocycles. The molecule has 0 aliphatic heterocycles. The fourth-order valence-corrected chi connectivity index (χ4v) is 4.22. The first-order valence-corrected chi connectivity index (χ1v) is 10.4. The van der Waals surface area contributed by atoms with Gasteiger partial charge in [0.25, 0.3) is 21.4 Å². The fraction of sp³-hybridized carbons (Fsp3) is 0.588. The van der Waals surface area contributed by atoms with Crippen LogP contribution < -0.4 is 4.83 Å². The molecule has 2 rings (SSSR count). The van der Waals surface area contributed by atoms with Crippen molar-refractivity contribution in [3.63, 3.8) is 0 Å². The Hall–Kier alpha value is -2.56. The van der Waals surface area contributed by atoms with Crippen LogP contribution in [0.1, 0.15) is 52.9 Å². The summed E-state index contributed by atoms with van der Waals surface area (Å²) in [5.41, 5.74) is -0.670. The van der Waals surface area contributed by atoms with Crippen molar-refractivity contribution >= 4 is 27.1 Å². The second-order valence-electron chi connectivity index (χ2n) is 7.95. The molecule has 1 aromatic carbocycles. The minimum absolute atomic E-state index is 0.0567. The number of sulfonamides is 1. The van der Waals surface area contributed by atoms with Crippen molar-refractivity contribution < 1.29 is 18.3 Å². The van der Waals surface area contributed by atoms with Crippen molar-refractivity contribution in [3.8, 4) is 0 Å². The van der Waals surface area contributed by atoms with E-state index in [9.17, 15) is 28.6 Å². The van der Waals surface area contributed by atoms with E-state index in [-0.39, 0.29) is 5.41 Å². The van der Waals surface area contributed by atoms with Gasteiger partial charge in [-0.15, -0.1) is 0 Å². The average Bonchev–Trinajstić information content (AvgIpc) is 2.85. The van der Waals surface area contributed by atoms with E-state index >= 15 is 0 Å². The Bertz CT molecular complexity index is 905. The molecule has 1 unspecified atom stereocenters. The van der Waals surface area contributed by atoms with Crippen LogP contribution in [0, 0.1) is 31.6 Å². The molecule has 10 nitrogen and oxygen atoms in total. The fourth-order valence-electron chi connectivity index (χ4n) is 3.21. The van der Waals surface area contributed by atoms with E-state index in [0.29, 0.717) is 30.5 Å². The summed E-state index contributed by atoms with van der Waals surface area (Å²) in [6.07, 6.45) is 4.25. The van der Waals surface area contributed by atoms with Crippen molar-refractivity contribution in [2.24, 2.45) is 16.4 Å². The van der Waals surface area contributed by atoms with Crippen molar-refractivity contribution in [3.05, 3.63) is 38.4 Å². The van der Waals surface area contributed by atoms with Crippen LogP contribution >= 0.6 is 0 Å². The van der Waals surface area contributed by atoms with E-state index in [1.165, 1.54) is 0 Å². The number of hydrogen-bond acceptors (Lipinski definition) is 7. The van der Waals surface area contributed by atoms with E-state index in [1.807, 2.05) is 0 Å². The lowest BCUT2D eigenvalue weighted by Crippen LogP contribution is -2.25. The number of nitrogens with zero attached hydrogens (tertiary/aromatic N) is 3. The van der Waals surface area contributed by atoms with Gasteiger partial charge < -0.3 is 0 Å². The lowest BCUT2D eigenvalue weighted by Gasteiger charge is -2.29. The number of nitro benzene ring substituents is 2. The molecule has 1 aliphatic rings. The van der Waals surface area contributed by atoms with Crippen LogP contribution in [0.5, 0.6) is 0 Å². The van der Waals surface area contributed by atoms with Crippen molar-refractivity contribution in [1.29, 1.82) is 0 Å². The molecule has 0 amide bonds. The number of hydrogen-bond donors (Lipinski definition) is 1. The molecule has 1 aliphatic carbocycles. The van der Waals surface area contributed by atoms with Gasteiger partial charge in [0, 0.05) is 11.8 Å². The first-order valence-electron chi connectivity index (χ1n) is 8.92. The monoisotopic (exact) mass is 412 g/mol. The van der Waals surface area contributed by atoms with E-state index in [0.717, 1.165) is 31.4 Å². The maximum Gasteiger partial charge on any atom is 0.296 e. The molecule has 0 heterocycles. The van der Waals surface area contributed by atoms with Gasteiger partial charge in [0.2, 0.25) is 0 Å². The Morgan fingerprint density at radius 1 is 1.14 bits per heavy atom. The molecule has 28 heavy (non-hydrogen) atoms. The molecule has 1 aromatic rings. The van der Waals surface area contributed by atoms with E-state index in [2.05, 4.69) is 30.7 Å². The molecular formula is C17H24N4O6S. The topological polar surface area (TPSA) is 145 Å². The van der Waals surface area contributed by atoms with Gasteiger partial charge in [0.1, 0.15) is 0 Å². The Kier molecular flexibility index (Phi) is 6.37. The van der Waals surface area contributed by atoms with E-state index in [4.69, 9.17) is 0 Å². The minimum Gasteiger partial charge on any atom is -0.258 e. The highest BCUT2D eigenvalue weighted by Gasteiger charge is 2.30. The highest BCUT2D eigenvalue weighted by molar-refractivity contribution is 7.89. The summed E-state index contributed by atoms with van der Waals surface area (Å²) < 4.78 is 25.1. The molecule has 0 saturated heterocycles. The van der Waals surface area contributed by atoms with Crippen LogP contribution in [0.25, 0.3) is 0 Å². The van der Waals surface area contributed by atoms with Crippen LogP contribution in [-0.4, -0.2) is 24.0 Å². The number of rotatable bonds is 5. The zero-order valence-electron chi connectivity index (χ0n) is 16.0. The standard InChI is InChI=1S/C17H24N4O6S/c1-17(2,3)12-6-4-5-7-13(10-12)18-19-28(26,27)16-9-8-14(20(22)23)11-15(16)21(24)25/h8-9,11-12,19H,4-7,10H2,1-3H3/b18-13-. The minimum atomic E-state index is -4.34. The molecular weight excluding hydrogens is 388 g/mol. The second kappa shape index (κ2) is 8.21. The summed E-state index contributed by atoms with van der Waals surface area (Å²) in [6, 6.07) is 2.39. The van der Waals surface area contributed by atoms with Crippen LogP contribution in [0.3, 0.4) is 0 Å². The smallest absolute Gasteiger partial charge is 0.258 e. The molecule has 11 heteroatoms. The number of nitro groups is 2. The predicted molar refractivity (Wildman–Crippen MR) is 104 cm³/mol. The molecule has 0 bridgehead atoms. The SMILES string of the molecule is CC(C)(C)C1CCCC/C(=N/NS(=O)(=O)c2ccc([N+](=O)[O-])cc2[N+](=O)[O-])C1. The summed E-state index contributed by atoms with van der Waals surface area (Å²) in [6.45, 7) is 6.39. The molecule has 0 aromatic heterocycles. The van der Waals surface area contributed by atoms with Crippen LogP contribution in [0.15, 0.2) is 28.2 Å². The van der Waals surface area contributed by atoms with Gasteiger partial charge in [-0.3, -0.25) is 20.2 Å². The van der Waals surface area contributed by atoms with Crippen molar-refractivity contribution in [2.75, 3.05) is 0 Å². The first-order chi connectivity index (χ1) is 12.9. The van der Waals surface area contributed by atoms with Gasteiger partial charge in [-0.05, 0) is 43.1 Å². The third kappa shape index (κ3) is 5.24. The van der Waals surface area contributed by atoms with Crippen LogP contribution in [0.4, 0.5) is 11.4 Å². The van der Waals surface area contributed by atoms with Crippen LogP contribution in [0.2, 0.25) is 0 Å². The molecule has 1 N–H and O–H groups in total. The third-order valence-corrected chi connectivity index (χ3v) is 6.19. The van der Waals surface area contributed by atoms with E-state index in [1.54, 1.807) is 0 Å². The molecule has 0 spiro atoms. The Labute approximate surface area is 163 Å². The van der Waals surface area contributed by atoms with Gasteiger partial charge in [-0.1, -0.05) is 27.2 Å². The maximum atomic E-state index is 12.6. The second-order valence-corrected chi connectivity index (χ2v) is 9.58. The highest BCUT2D eigenvalue weighted by atomic mass is 32.2. The summed E-state index contributed by atoms with van der Waals surface area (Å²) in [5, 5.41) is 26.0. The number of hydrazone groups is 1. The quantitative estimate of drug-likeness (QED) is 0.443. The number of non-ortho nitro benzene ring substituents is 1. The van der Waals surface area contributed by atoms with E-state index < -0.39 is 36.1 Å². The van der Waals surface area contributed by atoms with Gasteiger partial charge in [0.15, 0.2) is 4.90 Å². The average molecular weight is 412 g/mol. The number of nitrogens with one attached hydrogen (secondary N) is 1. The zero-order chi connectivity index (χ0) is 21.1. The zero-order valence-corrected chi connectivity index (χ0v) is 16.9. The van der Waals surface area contributed by atoms with Gasteiger partial charge in [-0.25, -0.2) is 0 Å². The Morgan fingerprint density at radius 3 is 2.39 bits per heavy atom. The van der Waals surface area contributed by atoms with Gasteiger partial charge in [0.05, 0.1) is 15.9 Å². The Balaban J connectivity index is 2.31. The number of benzene rings is 1. The normalized spacial score (nSPS) is 19.8. The first kappa shape index (κ1) is 21.7. The summed E-state index contributed by atoms with van der Waals surface area (Å²) in [5.74, 6) is 0.354. The van der Waals surface area contributed by atoms with Crippen molar-refractivity contribution in [2.45, 2.75) is 57.8 Å². The highest BCUT2D eigenvalue weighted by Crippen LogP contribution is 2.36. The van der Waals surface area contributed by atoms with Crippen molar-refractivity contribution in [1.82, 2.24) is 4.83 Å². The lowest BCUT2D eigenvalue weighted by atomic mass is 9.76. The van der Waals surface area contributed by atoms with Gasteiger partial charge in [-0.2, -0.15) is 18.4 Å². The lowest BCUT2D eigenvalue weighted by molar-refractivity contribution is -0.396. The third-order valence-electron chi connectivity index (χ3n) is 4.94. The maximum absolute atomic E-state index is 12.6. The molecule has 154 valence electrons. The molecule has 1 atom stereocenters. The van der Waals surface area contributed by atoms with Crippen LogP contribution in [-0.2, 0) is 10.0 Å². The predicted octanol–water partition coefficient (Wildman–Crippen LogP) is 3.76. The molecule has 0 radical (unpaired) electrons. The summed E-state index contributed by atoms with van der Waals surface area (Å²) in [4.78, 5) is 21.6. The summed E-state index contributed by atoms with van der Waals surface area (Å²) >= 11 is 0.